The lowest BCUT2D eigenvalue weighted by Crippen LogP contribution is -2.47. The van der Waals surface area contributed by atoms with Crippen molar-refractivity contribution in [2.45, 2.75) is 110 Å². The van der Waals surface area contributed by atoms with Crippen molar-refractivity contribution in [3.05, 3.63) is 0 Å². The average Bonchev–Trinajstić information content (AvgIpc) is 3.09. The van der Waals surface area contributed by atoms with Gasteiger partial charge in [-0.05, 0) is 48.0 Å². The minimum absolute atomic E-state index is 0.0478. The molecular formula is C33H72N6O12. The first-order chi connectivity index (χ1) is 24.3. The summed E-state index contributed by atoms with van der Waals surface area (Å²) in [6.45, 7) is 13.9. The van der Waals surface area contributed by atoms with Gasteiger partial charge >= 0.3 is 0 Å². The van der Waals surface area contributed by atoms with Gasteiger partial charge in [-0.15, -0.1) is 0 Å². The average molecular weight is 745 g/mol. The maximum absolute atomic E-state index is 11.3. The number of aliphatic hydroxyl groups is 3. The topological polar surface area (TPSA) is 296 Å². The van der Waals surface area contributed by atoms with E-state index < -0.39 is 42.5 Å². The summed E-state index contributed by atoms with van der Waals surface area (Å²) in [7, 11) is 4.90. The van der Waals surface area contributed by atoms with Gasteiger partial charge < -0.3 is 76.5 Å². The molecule has 0 radical (unpaired) electrons. The highest BCUT2D eigenvalue weighted by molar-refractivity contribution is 5.82. The number of ether oxygens (including phenoxy) is 3. The quantitative estimate of drug-likeness (QED) is 0.0539. The van der Waals surface area contributed by atoms with Crippen molar-refractivity contribution in [1.82, 2.24) is 15.5 Å². The Bertz CT molecular complexity index is 777. The summed E-state index contributed by atoms with van der Waals surface area (Å²) in [5, 5.41) is 33.5. The van der Waals surface area contributed by atoms with Crippen LogP contribution >= 0.6 is 0 Å². The monoisotopic (exact) mass is 745 g/mol. The summed E-state index contributed by atoms with van der Waals surface area (Å²) in [4.78, 5) is 62.0. The number of rotatable bonds is 19. The van der Waals surface area contributed by atoms with Crippen LogP contribution in [0.15, 0.2) is 0 Å². The highest BCUT2D eigenvalue weighted by atomic mass is 16.7. The summed E-state index contributed by atoms with van der Waals surface area (Å²) in [5.41, 5.74) is 14.3. The zero-order valence-electron chi connectivity index (χ0n) is 32.5. The van der Waals surface area contributed by atoms with Crippen molar-refractivity contribution < 1.29 is 58.3 Å². The predicted octanol–water partition coefficient (Wildman–Crippen LogP) is -1.72. The Hall–Kier alpha value is -2.78. The van der Waals surface area contributed by atoms with Gasteiger partial charge in [-0.3, -0.25) is 14.5 Å². The van der Waals surface area contributed by atoms with Crippen LogP contribution in [0.25, 0.3) is 0 Å². The number of nitrogens with zero attached hydrogens (tertiary/aromatic N) is 1. The fourth-order valence-electron chi connectivity index (χ4n) is 2.91. The molecule has 18 heteroatoms. The number of unbranched alkanes of at least 4 members (excludes halogenated alkanes) is 2. The lowest BCUT2D eigenvalue weighted by atomic mass is 10.0. The summed E-state index contributed by atoms with van der Waals surface area (Å²) < 4.78 is 16.0. The van der Waals surface area contributed by atoms with E-state index in [1.807, 2.05) is 34.7 Å². The highest BCUT2D eigenvalue weighted by Crippen LogP contribution is 2.20. The SMILES string of the molecule is CC.CC(O)C(C=O)NC(=O)CN(C)CC(N)=O.CCCC=O.CCN.CN.CNCCOCCOC1O[C@@H](C)C(O)C[C@H]1O.O=CCCC=O. The summed E-state index contributed by atoms with van der Waals surface area (Å²) in [5.74, 6) is -1.00. The number of aldehydes is 4. The third kappa shape index (κ3) is 49.4. The molecule has 0 bridgehead atoms. The van der Waals surface area contributed by atoms with Crippen molar-refractivity contribution >= 4 is 37.0 Å². The number of hydrogen-bond donors (Lipinski definition) is 8. The lowest BCUT2D eigenvalue weighted by molar-refractivity contribution is -0.263. The van der Waals surface area contributed by atoms with E-state index in [1.165, 1.54) is 18.9 Å². The second-order valence-electron chi connectivity index (χ2n) is 10.0. The number of carbonyl (C=O) groups excluding carboxylic acids is 6. The van der Waals surface area contributed by atoms with Gasteiger partial charge in [-0.2, -0.15) is 0 Å². The van der Waals surface area contributed by atoms with Crippen LogP contribution in [0, 0.1) is 0 Å². The van der Waals surface area contributed by atoms with E-state index in [0.29, 0.717) is 45.4 Å². The smallest absolute Gasteiger partial charge is 0.234 e. The molecule has 51 heavy (non-hydrogen) atoms. The van der Waals surface area contributed by atoms with Gasteiger partial charge in [0, 0.05) is 32.2 Å². The molecule has 0 saturated carbocycles. The van der Waals surface area contributed by atoms with E-state index in [0.717, 1.165) is 38.4 Å². The molecule has 1 heterocycles. The van der Waals surface area contributed by atoms with E-state index >= 15 is 0 Å². The predicted molar refractivity (Wildman–Crippen MR) is 197 cm³/mol. The normalized spacial score (nSPS) is 17.9. The maximum atomic E-state index is 11.3. The van der Waals surface area contributed by atoms with Crippen molar-refractivity contribution in [1.29, 1.82) is 0 Å². The number of amides is 2. The van der Waals surface area contributed by atoms with Crippen molar-refractivity contribution in [2.24, 2.45) is 17.2 Å². The van der Waals surface area contributed by atoms with Crippen LogP contribution in [0.3, 0.4) is 0 Å². The number of primary amides is 1. The zero-order valence-corrected chi connectivity index (χ0v) is 32.5. The van der Waals surface area contributed by atoms with Crippen LogP contribution in [-0.4, -0.2) is 161 Å². The number of likely N-dealkylation sites (N-methyl/N-ethyl adjacent to an activating group) is 2. The van der Waals surface area contributed by atoms with Crippen LogP contribution in [0.2, 0.25) is 0 Å². The Kier molecular flexibility index (Phi) is 58.3. The van der Waals surface area contributed by atoms with Gasteiger partial charge in [0.25, 0.3) is 0 Å². The molecule has 18 nitrogen and oxygen atoms in total. The molecule has 1 rings (SSSR count). The van der Waals surface area contributed by atoms with Crippen LogP contribution in [0.5, 0.6) is 0 Å². The molecule has 0 aromatic rings. The van der Waals surface area contributed by atoms with Crippen LogP contribution in [0.4, 0.5) is 0 Å². The molecule has 0 aromatic heterocycles. The molecule has 2 amide bonds. The Morgan fingerprint density at radius 3 is 1.84 bits per heavy atom. The number of nitrogens with one attached hydrogen (secondary N) is 2. The largest absolute Gasteiger partial charge is 0.391 e. The molecule has 1 saturated heterocycles. The third-order valence-corrected chi connectivity index (χ3v) is 5.34. The van der Waals surface area contributed by atoms with E-state index in [4.69, 9.17) is 30.8 Å². The Morgan fingerprint density at radius 1 is 0.961 bits per heavy atom. The van der Waals surface area contributed by atoms with E-state index in [1.54, 1.807) is 14.0 Å². The fourth-order valence-corrected chi connectivity index (χ4v) is 2.91. The van der Waals surface area contributed by atoms with Gasteiger partial charge in [0.15, 0.2) is 6.29 Å². The Labute approximate surface area is 305 Å². The van der Waals surface area contributed by atoms with Gasteiger partial charge in [-0.25, -0.2) is 0 Å². The van der Waals surface area contributed by atoms with Crippen molar-refractivity contribution in [3.63, 3.8) is 0 Å². The molecule has 1 aliphatic heterocycles. The molecule has 6 atom stereocenters. The van der Waals surface area contributed by atoms with Gasteiger partial charge in [0.1, 0.15) is 37.3 Å². The zero-order chi connectivity index (χ0) is 41.0. The Balaban J connectivity index is -0.000000136. The highest BCUT2D eigenvalue weighted by Gasteiger charge is 2.34. The first-order valence-electron chi connectivity index (χ1n) is 17.1. The second kappa shape index (κ2) is 49.3. The summed E-state index contributed by atoms with van der Waals surface area (Å²) in [6, 6.07) is -0.936. The molecule has 306 valence electrons. The first-order valence-corrected chi connectivity index (χ1v) is 17.1. The Morgan fingerprint density at radius 2 is 1.47 bits per heavy atom. The fraction of sp³-hybridized carbons (Fsp3) is 0.818. The van der Waals surface area contributed by atoms with Crippen LogP contribution < -0.4 is 27.8 Å². The van der Waals surface area contributed by atoms with Gasteiger partial charge in [0.05, 0.1) is 51.2 Å². The molecule has 0 spiro atoms. The maximum Gasteiger partial charge on any atom is 0.234 e. The molecule has 0 aromatic carbocycles. The molecule has 0 aliphatic carbocycles. The van der Waals surface area contributed by atoms with E-state index in [2.05, 4.69) is 16.4 Å². The van der Waals surface area contributed by atoms with Crippen LogP contribution in [-0.2, 0) is 43.0 Å². The van der Waals surface area contributed by atoms with E-state index in [9.17, 15) is 39.0 Å². The third-order valence-electron chi connectivity index (χ3n) is 5.34. The minimum atomic E-state index is -0.956. The number of aliphatic hydroxyl groups excluding tert-OH is 3. The minimum Gasteiger partial charge on any atom is -0.391 e. The number of carbonyl (C=O) groups is 6. The molecule has 11 N–H and O–H groups in total. The van der Waals surface area contributed by atoms with Crippen molar-refractivity contribution in [2.75, 3.05) is 67.1 Å². The lowest BCUT2D eigenvalue weighted by Gasteiger charge is -2.35. The molecule has 1 fully saturated rings. The first kappa shape index (κ1) is 60.3. The van der Waals surface area contributed by atoms with E-state index in [-0.39, 0.29) is 25.6 Å². The standard InChI is InChI=1S/C11H23NO5.C9H17N3O4.C4H6O2.C4H8O.C2H7N.C2H6.CH5N/c1-8-9(13)7-10(14)11(17-8)16-6-5-15-4-3-12-2;1-6(14)7(5-13)11-9(16)4-12(2)3-8(10)15;5-3-1-2-4-6;1-2-3-4-5;1-2-3;2*1-2/h8-14H,3-7H2,1-2H3;5-7,14H,3-4H2,1-2H3,(H2,10,15)(H,11,16);3-4H,1-2H2;4H,2-3H2,1H3;2-3H2,1H3;1-2H3;2H2,1H3/t8-,9?,10+,11?;;;;;;/m0....../s1. The number of nitrogens with two attached hydrogens (primary N) is 3. The van der Waals surface area contributed by atoms with Crippen LogP contribution in [0.1, 0.15) is 73.6 Å². The van der Waals surface area contributed by atoms with Gasteiger partial charge in [-0.1, -0.05) is 27.7 Å². The molecule has 1 aliphatic rings. The summed E-state index contributed by atoms with van der Waals surface area (Å²) in [6.07, 6.45) is 2.20. The number of hydrogen-bond acceptors (Lipinski definition) is 16. The van der Waals surface area contributed by atoms with Gasteiger partial charge in [0.2, 0.25) is 11.8 Å². The summed E-state index contributed by atoms with van der Waals surface area (Å²) >= 11 is 0. The molecular weight excluding hydrogens is 672 g/mol. The van der Waals surface area contributed by atoms with Crippen molar-refractivity contribution in [3.8, 4) is 0 Å². The second-order valence-corrected chi connectivity index (χ2v) is 10.0. The molecule has 4 unspecified atom stereocenters.